The van der Waals surface area contributed by atoms with Gasteiger partial charge in [-0.25, -0.2) is 0 Å². The van der Waals surface area contributed by atoms with E-state index < -0.39 is 5.97 Å². The summed E-state index contributed by atoms with van der Waals surface area (Å²) in [5.74, 6) is -0.808. The van der Waals surface area contributed by atoms with E-state index in [0.29, 0.717) is 0 Å². The number of carboxylic acids is 1. The quantitative estimate of drug-likeness (QED) is 0.734. The SMILES string of the molecule is O=C(O)C(CCCBr)CCCBr. The highest BCUT2D eigenvalue weighted by molar-refractivity contribution is 9.09. The Balaban J connectivity index is 3.62. The largest absolute Gasteiger partial charge is 0.481 e. The normalized spacial score (nSPS) is 10.6. The molecule has 0 aromatic carbocycles. The Labute approximate surface area is 90.0 Å². The molecule has 0 heterocycles. The third kappa shape index (κ3) is 6.00. The molecule has 0 aromatic rings. The van der Waals surface area contributed by atoms with E-state index in [0.717, 1.165) is 36.3 Å². The predicted molar refractivity (Wildman–Crippen MR) is 57.2 cm³/mol. The van der Waals surface area contributed by atoms with Crippen LogP contribution in [-0.4, -0.2) is 21.7 Å². The van der Waals surface area contributed by atoms with Crippen molar-refractivity contribution in [2.45, 2.75) is 25.7 Å². The van der Waals surface area contributed by atoms with Crippen molar-refractivity contribution < 1.29 is 9.90 Å². The van der Waals surface area contributed by atoms with Gasteiger partial charge in [0.15, 0.2) is 0 Å². The van der Waals surface area contributed by atoms with E-state index in [2.05, 4.69) is 31.9 Å². The summed E-state index contributed by atoms with van der Waals surface area (Å²) in [5, 5.41) is 10.6. The number of hydrogen-bond acceptors (Lipinski definition) is 1. The Morgan fingerprint density at radius 1 is 1.17 bits per heavy atom. The Morgan fingerprint density at radius 2 is 1.58 bits per heavy atom. The molecule has 0 saturated heterocycles. The smallest absolute Gasteiger partial charge is 0.306 e. The zero-order valence-corrected chi connectivity index (χ0v) is 10.1. The van der Waals surface area contributed by atoms with Gasteiger partial charge in [-0.1, -0.05) is 31.9 Å². The molecule has 0 rings (SSSR count). The fourth-order valence-corrected chi connectivity index (χ4v) is 1.69. The van der Waals surface area contributed by atoms with Gasteiger partial charge >= 0.3 is 5.97 Å². The van der Waals surface area contributed by atoms with Crippen molar-refractivity contribution in [1.29, 1.82) is 0 Å². The minimum atomic E-state index is -0.656. The zero-order valence-electron chi connectivity index (χ0n) is 6.93. The van der Waals surface area contributed by atoms with Gasteiger partial charge in [0.05, 0.1) is 5.92 Å². The predicted octanol–water partition coefficient (Wildman–Crippen LogP) is 3.04. The number of hydrogen-bond donors (Lipinski definition) is 1. The molecule has 0 amide bonds. The Kier molecular flexibility index (Phi) is 8.34. The molecule has 1 N–H and O–H groups in total. The average molecular weight is 302 g/mol. The van der Waals surface area contributed by atoms with E-state index in [9.17, 15) is 4.79 Å². The van der Waals surface area contributed by atoms with Crippen LogP contribution < -0.4 is 0 Å². The molecule has 0 aromatic heterocycles. The third-order valence-corrected chi connectivity index (χ3v) is 2.84. The molecule has 0 unspecified atom stereocenters. The van der Waals surface area contributed by atoms with Crippen LogP contribution in [0.5, 0.6) is 0 Å². The van der Waals surface area contributed by atoms with Crippen molar-refractivity contribution in [2.24, 2.45) is 5.92 Å². The molecular formula is C8H14Br2O2. The topological polar surface area (TPSA) is 37.3 Å². The summed E-state index contributed by atoms with van der Waals surface area (Å²) in [5.41, 5.74) is 0. The summed E-state index contributed by atoms with van der Waals surface area (Å²) in [6, 6.07) is 0. The number of aliphatic carboxylic acids is 1. The lowest BCUT2D eigenvalue weighted by molar-refractivity contribution is -0.142. The van der Waals surface area contributed by atoms with Crippen molar-refractivity contribution in [3.8, 4) is 0 Å². The fourth-order valence-electron chi connectivity index (χ4n) is 1.04. The Bertz CT molecular complexity index is 120. The van der Waals surface area contributed by atoms with Crippen LogP contribution in [-0.2, 0) is 4.79 Å². The summed E-state index contributed by atoms with van der Waals surface area (Å²) >= 11 is 6.59. The first kappa shape index (κ1) is 12.4. The molecule has 4 heteroatoms. The van der Waals surface area contributed by atoms with Crippen LogP contribution >= 0.6 is 31.9 Å². The molecule has 2 nitrogen and oxygen atoms in total. The highest BCUT2D eigenvalue weighted by atomic mass is 79.9. The summed E-state index contributed by atoms with van der Waals surface area (Å²) in [6.07, 6.45) is 3.46. The minimum absolute atomic E-state index is 0.153. The van der Waals surface area contributed by atoms with Gasteiger partial charge in [0.1, 0.15) is 0 Å². The molecule has 0 atom stereocenters. The molecular weight excluding hydrogens is 288 g/mol. The Morgan fingerprint density at radius 3 is 1.83 bits per heavy atom. The molecule has 0 aliphatic rings. The van der Waals surface area contributed by atoms with E-state index in [1.165, 1.54) is 0 Å². The third-order valence-electron chi connectivity index (χ3n) is 1.72. The van der Waals surface area contributed by atoms with Gasteiger partial charge in [-0.3, -0.25) is 4.79 Å². The van der Waals surface area contributed by atoms with Crippen molar-refractivity contribution in [3.05, 3.63) is 0 Å². The molecule has 12 heavy (non-hydrogen) atoms. The standard InChI is InChI=1S/C8H14Br2O2/c9-5-1-3-7(8(11)12)4-2-6-10/h7H,1-6H2,(H,11,12). The number of alkyl halides is 2. The first-order chi connectivity index (χ1) is 5.72. The summed E-state index contributed by atoms with van der Waals surface area (Å²) in [4.78, 5) is 10.7. The van der Waals surface area contributed by atoms with Gasteiger partial charge in [0.2, 0.25) is 0 Å². The second-order valence-electron chi connectivity index (χ2n) is 2.70. The van der Waals surface area contributed by atoms with Crippen molar-refractivity contribution in [1.82, 2.24) is 0 Å². The highest BCUT2D eigenvalue weighted by Gasteiger charge is 2.15. The maximum Gasteiger partial charge on any atom is 0.306 e. The Hall–Kier alpha value is 0.430. The van der Waals surface area contributed by atoms with Gasteiger partial charge in [0.25, 0.3) is 0 Å². The van der Waals surface area contributed by atoms with E-state index in [4.69, 9.17) is 5.11 Å². The van der Waals surface area contributed by atoms with Crippen LogP contribution in [0.1, 0.15) is 25.7 Å². The van der Waals surface area contributed by atoms with Gasteiger partial charge in [-0.05, 0) is 25.7 Å². The van der Waals surface area contributed by atoms with E-state index in [-0.39, 0.29) is 5.92 Å². The number of carboxylic acid groups (broad SMARTS) is 1. The summed E-state index contributed by atoms with van der Waals surface area (Å²) < 4.78 is 0. The zero-order chi connectivity index (χ0) is 9.40. The molecule has 0 bridgehead atoms. The first-order valence-corrected chi connectivity index (χ1v) is 6.31. The summed E-state index contributed by atoms with van der Waals surface area (Å²) in [6.45, 7) is 0. The second-order valence-corrected chi connectivity index (χ2v) is 4.28. The molecule has 0 fully saturated rings. The van der Waals surface area contributed by atoms with Crippen LogP contribution in [0.4, 0.5) is 0 Å². The van der Waals surface area contributed by atoms with Crippen LogP contribution in [0.15, 0.2) is 0 Å². The van der Waals surface area contributed by atoms with E-state index in [1.807, 2.05) is 0 Å². The van der Waals surface area contributed by atoms with Crippen molar-refractivity contribution in [3.63, 3.8) is 0 Å². The first-order valence-electron chi connectivity index (χ1n) is 4.07. The second kappa shape index (κ2) is 8.05. The van der Waals surface area contributed by atoms with Gasteiger partial charge in [-0.2, -0.15) is 0 Å². The number of halogens is 2. The average Bonchev–Trinajstić information content (AvgIpc) is 2.04. The lowest BCUT2D eigenvalue weighted by Crippen LogP contribution is -2.13. The monoisotopic (exact) mass is 300 g/mol. The molecule has 0 saturated carbocycles. The van der Waals surface area contributed by atoms with Crippen LogP contribution in [0, 0.1) is 5.92 Å². The van der Waals surface area contributed by atoms with Crippen LogP contribution in [0.25, 0.3) is 0 Å². The van der Waals surface area contributed by atoms with Crippen molar-refractivity contribution >= 4 is 37.8 Å². The number of carbonyl (C=O) groups is 1. The maximum atomic E-state index is 10.7. The molecule has 0 aliphatic heterocycles. The van der Waals surface area contributed by atoms with Gasteiger partial charge in [0, 0.05) is 10.7 Å². The fraction of sp³-hybridized carbons (Fsp3) is 0.875. The lowest BCUT2D eigenvalue weighted by Gasteiger charge is -2.09. The highest BCUT2D eigenvalue weighted by Crippen LogP contribution is 2.15. The van der Waals surface area contributed by atoms with E-state index in [1.54, 1.807) is 0 Å². The maximum absolute atomic E-state index is 10.7. The summed E-state index contributed by atoms with van der Waals surface area (Å²) in [7, 11) is 0. The molecule has 0 radical (unpaired) electrons. The number of rotatable bonds is 7. The lowest BCUT2D eigenvalue weighted by atomic mass is 9.99. The van der Waals surface area contributed by atoms with Gasteiger partial charge in [-0.15, -0.1) is 0 Å². The van der Waals surface area contributed by atoms with Crippen LogP contribution in [0.3, 0.4) is 0 Å². The molecule has 72 valence electrons. The molecule has 0 aliphatic carbocycles. The molecule has 0 spiro atoms. The van der Waals surface area contributed by atoms with E-state index >= 15 is 0 Å². The van der Waals surface area contributed by atoms with Crippen LogP contribution in [0.2, 0.25) is 0 Å². The van der Waals surface area contributed by atoms with Gasteiger partial charge < -0.3 is 5.11 Å². The van der Waals surface area contributed by atoms with Crippen molar-refractivity contribution in [2.75, 3.05) is 10.7 Å². The minimum Gasteiger partial charge on any atom is -0.481 e.